The van der Waals surface area contributed by atoms with Crippen molar-refractivity contribution < 1.29 is 17.9 Å². The molecule has 8 heteroatoms. The molecule has 33 heavy (non-hydrogen) atoms. The lowest BCUT2D eigenvalue weighted by Gasteiger charge is -2.09. The van der Waals surface area contributed by atoms with Crippen LogP contribution in [0.2, 0.25) is 0 Å². The van der Waals surface area contributed by atoms with Crippen LogP contribution in [0.5, 0.6) is 5.75 Å². The second kappa shape index (κ2) is 9.87. The van der Waals surface area contributed by atoms with Gasteiger partial charge in [0.25, 0.3) is 0 Å². The van der Waals surface area contributed by atoms with Gasteiger partial charge in [-0.25, -0.2) is 9.67 Å². The van der Waals surface area contributed by atoms with E-state index >= 15 is 0 Å². The Balaban J connectivity index is 1.79. The molecule has 0 saturated heterocycles. The molecule has 0 radical (unpaired) electrons. The number of hydrogen-bond acceptors (Lipinski definition) is 4. The number of para-hydroxylation sites is 1. The first-order chi connectivity index (χ1) is 15.9. The standard InChI is InChI=1S/C25H20F3N3OS/c1-2-32-22-13-11-18(12-14-22)16-29-31-23(19-7-6-8-20(15-19)25(26,27)28)17-33-24(31)30-21-9-4-3-5-10-21/h3-17H,2H2,1H3/b29-16-,30-24?. The van der Waals surface area contributed by atoms with Crippen molar-refractivity contribution in [1.29, 1.82) is 0 Å². The molecule has 1 heterocycles. The molecule has 0 atom stereocenters. The number of nitrogens with zero attached hydrogens (tertiary/aromatic N) is 3. The van der Waals surface area contributed by atoms with Crippen LogP contribution in [0, 0.1) is 0 Å². The zero-order valence-electron chi connectivity index (χ0n) is 17.7. The Kier molecular flexibility index (Phi) is 6.74. The van der Waals surface area contributed by atoms with Gasteiger partial charge in [0.1, 0.15) is 5.75 Å². The first-order valence-electron chi connectivity index (χ1n) is 10.2. The lowest BCUT2D eigenvalue weighted by Crippen LogP contribution is -2.12. The van der Waals surface area contributed by atoms with Crippen LogP contribution in [0.25, 0.3) is 11.3 Å². The number of rotatable bonds is 6. The van der Waals surface area contributed by atoms with E-state index < -0.39 is 11.7 Å². The van der Waals surface area contributed by atoms with Crippen LogP contribution in [-0.2, 0) is 6.18 Å². The van der Waals surface area contributed by atoms with E-state index in [1.807, 2.05) is 61.5 Å². The summed E-state index contributed by atoms with van der Waals surface area (Å²) in [5.41, 5.74) is 1.75. The largest absolute Gasteiger partial charge is 0.494 e. The van der Waals surface area contributed by atoms with Gasteiger partial charge in [0, 0.05) is 10.9 Å². The van der Waals surface area contributed by atoms with Crippen LogP contribution in [-0.4, -0.2) is 17.5 Å². The lowest BCUT2D eigenvalue weighted by atomic mass is 10.1. The van der Waals surface area contributed by atoms with E-state index in [1.54, 1.807) is 22.3 Å². The van der Waals surface area contributed by atoms with Gasteiger partial charge >= 0.3 is 6.18 Å². The van der Waals surface area contributed by atoms with Gasteiger partial charge in [0.05, 0.1) is 29.8 Å². The molecular weight excluding hydrogens is 447 g/mol. The van der Waals surface area contributed by atoms with Crippen molar-refractivity contribution >= 4 is 23.2 Å². The number of ether oxygens (including phenoxy) is 1. The second-order valence-corrected chi connectivity index (χ2v) is 7.82. The predicted octanol–water partition coefficient (Wildman–Crippen LogP) is 6.75. The first kappa shape index (κ1) is 22.5. The Bertz CT molecular complexity index is 1310. The van der Waals surface area contributed by atoms with Gasteiger partial charge in [0.2, 0.25) is 4.80 Å². The highest BCUT2D eigenvalue weighted by atomic mass is 32.1. The van der Waals surface area contributed by atoms with Crippen LogP contribution in [0.1, 0.15) is 18.1 Å². The third kappa shape index (κ3) is 5.59. The monoisotopic (exact) mass is 467 g/mol. The first-order valence-corrected chi connectivity index (χ1v) is 11.1. The maximum atomic E-state index is 13.3. The Hall–Kier alpha value is -3.65. The molecule has 0 saturated carbocycles. The van der Waals surface area contributed by atoms with Crippen molar-refractivity contribution in [2.45, 2.75) is 13.1 Å². The average molecular weight is 468 g/mol. The van der Waals surface area contributed by atoms with E-state index in [-0.39, 0.29) is 0 Å². The molecule has 0 N–H and O–H groups in total. The summed E-state index contributed by atoms with van der Waals surface area (Å²) in [5.74, 6) is 0.752. The molecule has 4 rings (SSSR count). The van der Waals surface area contributed by atoms with Crippen LogP contribution < -0.4 is 9.54 Å². The highest BCUT2D eigenvalue weighted by Gasteiger charge is 2.30. The number of thiazole rings is 1. The molecule has 3 aromatic carbocycles. The van der Waals surface area contributed by atoms with Crippen molar-refractivity contribution in [2.24, 2.45) is 10.1 Å². The summed E-state index contributed by atoms with van der Waals surface area (Å²) in [6.07, 6.45) is -2.79. The number of alkyl halides is 3. The molecule has 0 aliphatic carbocycles. The number of benzene rings is 3. The zero-order valence-corrected chi connectivity index (χ0v) is 18.5. The summed E-state index contributed by atoms with van der Waals surface area (Å²) in [6.45, 7) is 2.48. The predicted molar refractivity (Wildman–Crippen MR) is 125 cm³/mol. The Morgan fingerprint density at radius 3 is 2.42 bits per heavy atom. The van der Waals surface area contributed by atoms with Gasteiger partial charge in [-0.15, -0.1) is 11.3 Å². The van der Waals surface area contributed by atoms with E-state index in [9.17, 15) is 13.2 Å². The van der Waals surface area contributed by atoms with Crippen LogP contribution >= 0.6 is 11.3 Å². The fourth-order valence-electron chi connectivity index (χ4n) is 3.10. The van der Waals surface area contributed by atoms with Gasteiger partial charge in [0.15, 0.2) is 0 Å². The summed E-state index contributed by atoms with van der Waals surface area (Å²) < 4.78 is 46.8. The van der Waals surface area contributed by atoms with E-state index in [4.69, 9.17) is 4.74 Å². The van der Waals surface area contributed by atoms with Crippen LogP contribution in [0.15, 0.2) is 94.3 Å². The quantitative estimate of drug-likeness (QED) is 0.289. The smallest absolute Gasteiger partial charge is 0.416 e. The Morgan fingerprint density at radius 1 is 0.970 bits per heavy atom. The van der Waals surface area contributed by atoms with Crippen molar-refractivity contribution in [3.05, 3.63) is 100 Å². The highest BCUT2D eigenvalue weighted by Crippen LogP contribution is 2.32. The lowest BCUT2D eigenvalue weighted by molar-refractivity contribution is -0.137. The molecule has 168 valence electrons. The number of hydrogen-bond donors (Lipinski definition) is 0. The fourth-order valence-corrected chi connectivity index (χ4v) is 3.95. The Labute approximate surface area is 193 Å². The van der Waals surface area contributed by atoms with Gasteiger partial charge < -0.3 is 4.74 Å². The molecular formula is C25H20F3N3OS. The molecule has 0 aliphatic rings. The van der Waals surface area contributed by atoms with E-state index in [2.05, 4.69) is 10.1 Å². The zero-order chi connectivity index (χ0) is 23.3. The number of aromatic nitrogens is 1. The van der Waals surface area contributed by atoms with Crippen molar-refractivity contribution in [1.82, 2.24) is 4.68 Å². The maximum absolute atomic E-state index is 13.3. The molecule has 0 aliphatic heterocycles. The third-order valence-electron chi connectivity index (χ3n) is 4.67. The minimum atomic E-state index is -4.43. The molecule has 4 aromatic rings. The molecule has 0 bridgehead atoms. The molecule has 0 unspecified atom stereocenters. The number of halogens is 3. The summed E-state index contributed by atoms with van der Waals surface area (Å²) >= 11 is 1.30. The highest BCUT2D eigenvalue weighted by molar-refractivity contribution is 7.07. The van der Waals surface area contributed by atoms with Crippen molar-refractivity contribution in [3.8, 4) is 17.0 Å². The SMILES string of the molecule is CCOc1ccc(/C=N\n2c(-c3cccc(C(F)(F)F)c3)csc2=Nc2ccccc2)cc1. The fraction of sp³-hybridized carbons (Fsp3) is 0.120. The van der Waals surface area contributed by atoms with Gasteiger partial charge in [-0.05, 0) is 61.0 Å². The maximum Gasteiger partial charge on any atom is 0.416 e. The minimum absolute atomic E-state index is 0.402. The second-order valence-electron chi connectivity index (χ2n) is 6.99. The van der Waals surface area contributed by atoms with E-state index in [0.717, 1.165) is 29.1 Å². The summed E-state index contributed by atoms with van der Waals surface area (Å²) in [4.78, 5) is 5.17. The molecule has 0 spiro atoms. The van der Waals surface area contributed by atoms with Gasteiger partial charge in [-0.3, -0.25) is 0 Å². The van der Waals surface area contributed by atoms with Crippen LogP contribution in [0.4, 0.5) is 18.9 Å². The third-order valence-corrected chi connectivity index (χ3v) is 5.48. The average Bonchev–Trinajstić information content (AvgIpc) is 3.21. The molecule has 0 fully saturated rings. The molecule has 4 nitrogen and oxygen atoms in total. The van der Waals surface area contributed by atoms with Gasteiger partial charge in [-0.1, -0.05) is 30.3 Å². The van der Waals surface area contributed by atoms with Gasteiger partial charge in [-0.2, -0.15) is 18.3 Å². The molecule has 1 aromatic heterocycles. The van der Waals surface area contributed by atoms with Crippen molar-refractivity contribution in [2.75, 3.05) is 6.61 Å². The summed E-state index contributed by atoms with van der Waals surface area (Å²) in [5, 5.41) is 6.32. The topological polar surface area (TPSA) is 38.9 Å². The Morgan fingerprint density at radius 2 is 1.73 bits per heavy atom. The molecule has 0 amide bonds. The summed E-state index contributed by atoms with van der Waals surface area (Å²) in [6, 6.07) is 21.9. The normalized spacial score (nSPS) is 12.4. The van der Waals surface area contributed by atoms with E-state index in [0.29, 0.717) is 22.7 Å². The van der Waals surface area contributed by atoms with Crippen LogP contribution in [0.3, 0.4) is 0 Å². The summed E-state index contributed by atoms with van der Waals surface area (Å²) in [7, 11) is 0. The van der Waals surface area contributed by atoms with Crippen molar-refractivity contribution in [3.63, 3.8) is 0 Å². The minimum Gasteiger partial charge on any atom is -0.494 e. The van der Waals surface area contributed by atoms with E-state index in [1.165, 1.54) is 17.4 Å².